The van der Waals surface area contributed by atoms with Crippen LogP contribution in [0.4, 0.5) is 4.39 Å². The van der Waals surface area contributed by atoms with E-state index in [1.807, 2.05) is 0 Å². The van der Waals surface area contributed by atoms with Gasteiger partial charge in [-0.3, -0.25) is 4.79 Å². The number of carbonyl (C=O) groups excluding carboxylic acids is 1. The van der Waals surface area contributed by atoms with Crippen molar-refractivity contribution in [3.63, 3.8) is 0 Å². The number of nitrogens with zero attached hydrogens (tertiary/aromatic N) is 1. The summed E-state index contributed by atoms with van der Waals surface area (Å²) in [5.74, 6) is 3.25. The summed E-state index contributed by atoms with van der Waals surface area (Å²) in [4.78, 5) is 15.7. The third kappa shape index (κ3) is 2.87. The van der Waals surface area contributed by atoms with E-state index in [4.69, 9.17) is 4.74 Å². The molecule has 5 atom stereocenters. The molecule has 5 rings (SSSR count). The van der Waals surface area contributed by atoms with Gasteiger partial charge in [-0.2, -0.15) is 0 Å². The Morgan fingerprint density at radius 1 is 1.22 bits per heavy atom. The number of methoxy groups -OCH3 is 1. The van der Waals surface area contributed by atoms with Gasteiger partial charge in [0.2, 0.25) is 5.91 Å². The van der Waals surface area contributed by atoms with Gasteiger partial charge in [-0.15, -0.1) is 0 Å². The predicted molar refractivity (Wildman–Crippen MR) is 102 cm³/mol. The van der Waals surface area contributed by atoms with Crippen LogP contribution in [0.15, 0.2) is 18.2 Å². The van der Waals surface area contributed by atoms with Crippen LogP contribution < -0.4 is 4.74 Å². The Balaban J connectivity index is 1.36. The van der Waals surface area contributed by atoms with E-state index in [-0.39, 0.29) is 17.3 Å². The van der Waals surface area contributed by atoms with Crippen molar-refractivity contribution in [2.24, 2.45) is 23.7 Å². The van der Waals surface area contributed by atoms with Crippen molar-refractivity contribution in [2.45, 2.75) is 63.3 Å². The number of carbonyl (C=O) groups is 1. The minimum absolute atomic E-state index is 0.0114. The number of rotatable bonds is 4. The predicted octanol–water partition coefficient (Wildman–Crippen LogP) is 4.58. The Bertz CT molecular complexity index is 750. The maximum atomic E-state index is 13.5. The van der Waals surface area contributed by atoms with Gasteiger partial charge in [0, 0.05) is 24.1 Å². The summed E-state index contributed by atoms with van der Waals surface area (Å²) in [7, 11) is 1.57. The fourth-order valence-electron chi connectivity index (χ4n) is 7.02. The minimum atomic E-state index is -0.292. The molecule has 146 valence electrons. The summed E-state index contributed by atoms with van der Waals surface area (Å²) < 4.78 is 18.8. The monoisotopic (exact) mass is 371 g/mol. The number of hydrogen-bond donors (Lipinski definition) is 0. The third-order valence-corrected chi connectivity index (χ3v) is 8.07. The van der Waals surface area contributed by atoms with E-state index in [9.17, 15) is 9.18 Å². The van der Waals surface area contributed by atoms with Crippen LogP contribution in [0.5, 0.6) is 5.75 Å². The first-order valence-corrected chi connectivity index (χ1v) is 10.7. The molecule has 0 spiro atoms. The molecule has 1 saturated heterocycles. The van der Waals surface area contributed by atoms with Gasteiger partial charge >= 0.3 is 0 Å². The van der Waals surface area contributed by atoms with Gasteiger partial charge in [-0.25, -0.2) is 4.39 Å². The van der Waals surface area contributed by atoms with Crippen molar-refractivity contribution in [2.75, 3.05) is 13.7 Å². The summed E-state index contributed by atoms with van der Waals surface area (Å²) in [6.45, 7) is 0.900. The second kappa shape index (κ2) is 6.49. The molecule has 0 radical (unpaired) electrons. The molecule has 4 aliphatic rings. The highest BCUT2D eigenvalue weighted by molar-refractivity contribution is 5.82. The molecule has 0 aromatic heterocycles. The van der Waals surface area contributed by atoms with E-state index in [0.29, 0.717) is 18.1 Å². The molecule has 1 amide bonds. The molecular formula is C23H30FNO2. The second-order valence-corrected chi connectivity index (χ2v) is 9.52. The van der Waals surface area contributed by atoms with E-state index >= 15 is 0 Å². The zero-order chi connectivity index (χ0) is 18.6. The van der Waals surface area contributed by atoms with Crippen molar-refractivity contribution in [3.05, 3.63) is 29.6 Å². The Morgan fingerprint density at radius 2 is 2.07 bits per heavy atom. The highest BCUT2D eigenvalue weighted by atomic mass is 19.1. The van der Waals surface area contributed by atoms with Crippen molar-refractivity contribution in [3.8, 4) is 5.75 Å². The van der Waals surface area contributed by atoms with Gasteiger partial charge in [-0.1, -0.05) is 18.9 Å². The highest BCUT2D eigenvalue weighted by Crippen LogP contribution is 2.57. The standard InChI is InChI=1S/C23H30FNO2/c1-27-21-12-20(24)5-4-17(21)11-18-6-8-25(22(18)26)23-7-2-3-16-9-15(13-23)10-19(16)14-23/h4-5,12,15-16,18-19H,2-3,6-11,13-14H2,1H3. The molecule has 4 fully saturated rings. The topological polar surface area (TPSA) is 29.5 Å². The molecule has 3 nitrogen and oxygen atoms in total. The Kier molecular flexibility index (Phi) is 4.21. The molecule has 0 N–H and O–H groups in total. The lowest BCUT2D eigenvalue weighted by atomic mass is 9.72. The highest BCUT2D eigenvalue weighted by Gasteiger charge is 2.54. The first-order valence-electron chi connectivity index (χ1n) is 10.7. The number of halogens is 1. The van der Waals surface area contributed by atoms with Gasteiger partial charge in [0.1, 0.15) is 11.6 Å². The number of benzene rings is 1. The smallest absolute Gasteiger partial charge is 0.226 e. The van der Waals surface area contributed by atoms with E-state index in [1.165, 1.54) is 57.1 Å². The molecule has 1 aromatic rings. The van der Waals surface area contributed by atoms with E-state index in [2.05, 4.69) is 4.90 Å². The Hall–Kier alpha value is -1.58. The molecule has 3 bridgehead atoms. The molecular weight excluding hydrogens is 341 g/mol. The van der Waals surface area contributed by atoms with Crippen LogP contribution in [0.2, 0.25) is 0 Å². The molecule has 3 aliphatic carbocycles. The van der Waals surface area contributed by atoms with Crippen LogP contribution >= 0.6 is 0 Å². The van der Waals surface area contributed by atoms with Crippen LogP contribution in [0.3, 0.4) is 0 Å². The SMILES string of the molecule is COc1cc(F)ccc1CC1CCN(C23CCCC4CC(CC4C2)C3)C1=O. The van der Waals surface area contributed by atoms with E-state index in [0.717, 1.165) is 36.3 Å². The zero-order valence-electron chi connectivity index (χ0n) is 16.3. The van der Waals surface area contributed by atoms with Crippen LogP contribution in [-0.2, 0) is 11.2 Å². The average molecular weight is 371 g/mol. The van der Waals surface area contributed by atoms with E-state index < -0.39 is 0 Å². The van der Waals surface area contributed by atoms with Gasteiger partial charge in [0.05, 0.1) is 7.11 Å². The van der Waals surface area contributed by atoms with Gasteiger partial charge in [-0.05, 0) is 74.3 Å². The summed E-state index contributed by atoms with van der Waals surface area (Å²) in [6, 6.07) is 4.67. The molecule has 1 heterocycles. The maximum absolute atomic E-state index is 13.5. The first-order chi connectivity index (χ1) is 13.1. The number of fused-ring (bicyclic) bond motifs is 2. The van der Waals surface area contributed by atoms with Crippen molar-refractivity contribution in [1.82, 2.24) is 4.90 Å². The van der Waals surface area contributed by atoms with Crippen LogP contribution in [-0.4, -0.2) is 30.0 Å². The number of ether oxygens (including phenoxy) is 1. The van der Waals surface area contributed by atoms with Crippen LogP contribution in [0.25, 0.3) is 0 Å². The van der Waals surface area contributed by atoms with Gasteiger partial charge in [0.25, 0.3) is 0 Å². The molecule has 4 heteroatoms. The molecule has 3 saturated carbocycles. The average Bonchev–Trinajstić information content (AvgIpc) is 3.11. The third-order valence-electron chi connectivity index (χ3n) is 8.07. The quantitative estimate of drug-likeness (QED) is 0.775. The maximum Gasteiger partial charge on any atom is 0.226 e. The molecule has 27 heavy (non-hydrogen) atoms. The lowest BCUT2D eigenvalue weighted by Crippen LogP contribution is -2.53. The fraction of sp³-hybridized carbons (Fsp3) is 0.696. The first kappa shape index (κ1) is 17.5. The number of amides is 1. The van der Waals surface area contributed by atoms with Crippen LogP contribution in [0, 0.1) is 29.5 Å². The van der Waals surface area contributed by atoms with Crippen molar-refractivity contribution >= 4 is 5.91 Å². The number of hydrogen-bond acceptors (Lipinski definition) is 2. The van der Waals surface area contributed by atoms with Crippen molar-refractivity contribution in [1.29, 1.82) is 0 Å². The molecule has 1 aliphatic heterocycles. The normalized spacial score (nSPS) is 37.7. The zero-order valence-corrected chi connectivity index (χ0v) is 16.3. The fourth-order valence-corrected chi connectivity index (χ4v) is 7.02. The largest absolute Gasteiger partial charge is 0.496 e. The minimum Gasteiger partial charge on any atom is -0.496 e. The summed E-state index contributed by atoms with van der Waals surface area (Å²) in [5, 5.41) is 0. The summed E-state index contributed by atoms with van der Waals surface area (Å²) >= 11 is 0. The lowest BCUT2D eigenvalue weighted by molar-refractivity contribution is -0.139. The van der Waals surface area contributed by atoms with Gasteiger partial charge in [0.15, 0.2) is 0 Å². The summed E-state index contributed by atoms with van der Waals surface area (Å²) in [5.41, 5.74) is 1.08. The Labute approximate surface area is 161 Å². The molecule has 5 unspecified atom stereocenters. The Morgan fingerprint density at radius 3 is 2.93 bits per heavy atom. The lowest BCUT2D eigenvalue weighted by Gasteiger charge is -2.47. The van der Waals surface area contributed by atoms with Crippen LogP contribution in [0.1, 0.15) is 56.9 Å². The number of likely N-dealkylation sites (tertiary alicyclic amines) is 1. The van der Waals surface area contributed by atoms with E-state index in [1.54, 1.807) is 13.2 Å². The molecule has 1 aromatic carbocycles. The van der Waals surface area contributed by atoms with Gasteiger partial charge < -0.3 is 9.64 Å². The van der Waals surface area contributed by atoms with Crippen molar-refractivity contribution < 1.29 is 13.9 Å². The second-order valence-electron chi connectivity index (χ2n) is 9.52. The summed E-state index contributed by atoms with van der Waals surface area (Å²) in [6.07, 6.45) is 10.7.